The number of aliphatic hydroxyl groups excluding tert-OH is 3. The van der Waals surface area contributed by atoms with Crippen LogP contribution in [-0.4, -0.2) is 65.4 Å². The van der Waals surface area contributed by atoms with Gasteiger partial charge in [0, 0.05) is 0 Å². The molecule has 0 aliphatic rings. The van der Waals surface area contributed by atoms with Crippen molar-refractivity contribution in [3.63, 3.8) is 0 Å². The van der Waals surface area contributed by atoms with Crippen molar-refractivity contribution in [1.82, 2.24) is 0 Å². The van der Waals surface area contributed by atoms with Crippen LogP contribution < -0.4 is 0 Å². The predicted molar refractivity (Wildman–Crippen MR) is 156 cm³/mol. The molecule has 38 heavy (non-hydrogen) atoms. The molecule has 9 nitrogen and oxygen atoms in total. The second-order valence-electron chi connectivity index (χ2n) is 10.5. The highest BCUT2D eigenvalue weighted by Crippen LogP contribution is 2.42. The molecule has 0 heterocycles. The summed E-state index contributed by atoms with van der Waals surface area (Å²) in [6, 6.07) is 0. The minimum atomic E-state index is -2.61. The molecular formula is C27H60O9P2. The molecule has 0 amide bonds. The molecule has 8 N–H and O–H groups in total. The molecule has 0 aromatic heterocycles. The minimum Gasteiger partial charge on any atom is -0.395 e. The fourth-order valence-corrected chi connectivity index (χ4v) is 5.29. The highest BCUT2D eigenvalue weighted by atomic mass is 31.2. The SMILES string of the molecule is CCCCCCCCCCCC(O)(CCCCCCCCCCC)C(CO)(CO)CO.OP(O)OP(O)O. The molecule has 232 valence electrons. The zero-order valence-corrected chi connectivity index (χ0v) is 25.9. The number of hydrogen-bond acceptors (Lipinski definition) is 9. The van der Waals surface area contributed by atoms with Crippen LogP contribution in [0.2, 0.25) is 0 Å². The van der Waals surface area contributed by atoms with E-state index < -0.39 is 28.2 Å². The normalized spacial score (nSPS) is 12.3. The van der Waals surface area contributed by atoms with Gasteiger partial charge in [-0.3, -0.25) is 0 Å². The van der Waals surface area contributed by atoms with E-state index in [1.165, 1.54) is 89.9 Å². The number of unbranched alkanes of at least 4 members (excludes halogenated alkanes) is 16. The first-order valence-corrected chi connectivity index (χ1v) is 17.1. The van der Waals surface area contributed by atoms with E-state index in [-0.39, 0.29) is 19.8 Å². The molecule has 0 atom stereocenters. The van der Waals surface area contributed by atoms with Crippen molar-refractivity contribution in [1.29, 1.82) is 0 Å². The molecule has 0 unspecified atom stereocenters. The maximum absolute atomic E-state index is 11.4. The zero-order chi connectivity index (χ0) is 29.1. The highest BCUT2D eigenvalue weighted by molar-refractivity contribution is 7.53. The van der Waals surface area contributed by atoms with Gasteiger partial charge in [0.2, 0.25) is 0 Å². The van der Waals surface area contributed by atoms with E-state index in [4.69, 9.17) is 19.6 Å². The van der Waals surface area contributed by atoms with Gasteiger partial charge in [-0.05, 0) is 12.8 Å². The largest absolute Gasteiger partial charge is 0.395 e. The second-order valence-corrected chi connectivity index (χ2v) is 12.2. The molecular weight excluding hydrogens is 530 g/mol. The monoisotopic (exact) mass is 590 g/mol. The molecule has 0 aliphatic carbocycles. The van der Waals surface area contributed by atoms with E-state index in [9.17, 15) is 20.4 Å². The van der Waals surface area contributed by atoms with Crippen LogP contribution >= 0.6 is 17.2 Å². The smallest absolute Gasteiger partial charge is 0.334 e. The second kappa shape index (κ2) is 27.7. The Morgan fingerprint density at radius 2 is 0.737 bits per heavy atom. The van der Waals surface area contributed by atoms with E-state index >= 15 is 0 Å². The summed E-state index contributed by atoms with van der Waals surface area (Å²) in [5.74, 6) is 0. The fourth-order valence-electron chi connectivity index (χ4n) is 4.77. The van der Waals surface area contributed by atoms with Crippen molar-refractivity contribution in [2.75, 3.05) is 19.8 Å². The summed E-state index contributed by atoms with van der Waals surface area (Å²) in [6.07, 6.45) is 22.9. The molecule has 0 saturated carbocycles. The maximum atomic E-state index is 11.4. The molecule has 0 radical (unpaired) electrons. The summed E-state index contributed by atoms with van der Waals surface area (Å²) in [5.41, 5.74) is -2.42. The van der Waals surface area contributed by atoms with Gasteiger partial charge in [0.05, 0.1) is 30.8 Å². The van der Waals surface area contributed by atoms with Crippen LogP contribution in [0, 0.1) is 5.41 Å². The van der Waals surface area contributed by atoms with Gasteiger partial charge in [0.25, 0.3) is 0 Å². The van der Waals surface area contributed by atoms with Crippen LogP contribution in [0.15, 0.2) is 0 Å². The van der Waals surface area contributed by atoms with Crippen LogP contribution in [0.4, 0.5) is 0 Å². The van der Waals surface area contributed by atoms with Crippen molar-refractivity contribution in [2.24, 2.45) is 5.41 Å². The zero-order valence-electron chi connectivity index (χ0n) is 24.1. The number of rotatable bonds is 26. The van der Waals surface area contributed by atoms with Crippen molar-refractivity contribution in [2.45, 2.75) is 148 Å². The van der Waals surface area contributed by atoms with Crippen LogP contribution in [0.1, 0.15) is 142 Å². The summed E-state index contributed by atoms with van der Waals surface area (Å²) in [5, 5.41) is 41.2. The van der Waals surface area contributed by atoms with Crippen molar-refractivity contribution < 1.29 is 44.3 Å². The summed E-state index contributed by atoms with van der Waals surface area (Å²) in [4.78, 5) is 31.3. The molecule has 0 fully saturated rings. The third kappa shape index (κ3) is 21.3. The Kier molecular flexibility index (Phi) is 29.6. The highest BCUT2D eigenvalue weighted by Gasteiger charge is 2.48. The fraction of sp³-hybridized carbons (Fsp3) is 1.00. The van der Waals surface area contributed by atoms with E-state index in [1.54, 1.807) is 0 Å². The standard InChI is InChI=1S/C27H56O4.H4O5P2/c1-3-5-7-9-11-13-15-17-19-21-27(31,26(23-28,24-29)25-30)22-20-18-16-14-12-10-8-6-4-2;1-6(2)5-7(3)4/h28-31H,3-25H2,1-2H3;1-4H. The number of aliphatic hydroxyl groups is 4. The van der Waals surface area contributed by atoms with Gasteiger partial charge in [-0.25, -0.2) is 4.31 Å². The molecule has 0 spiro atoms. The Balaban J connectivity index is 0. The maximum Gasteiger partial charge on any atom is 0.334 e. The van der Waals surface area contributed by atoms with Gasteiger partial charge >= 0.3 is 17.2 Å². The average molecular weight is 591 g/mol. The van der Waals surface area contributed by atoms with Gasteiger partial charge in [-0.2, -0.15) is 0 Å². The molecule has 0 saturated heterocycles. The molecule has 0 rings (SSSR count). The van der Waals surface area contributed by atoms with Crippen LogP contribution in [-0.2, 0) is 4.31 Å². The van der Waals surface area contributed by atoms with Crippen LogP contribution in [0.3, 0.4) is 0 Å². The van der Waals surface area contributed by atoms with Crippen molar-refractivity contribution in [3.05, 3.63) is 0 Å². The molecule has 0 aliphatic heterocycles. The Morgan fingerprint density at radius 3 is 0.947 bits per heavy atom. The van der Waals surface area contributed by atoms with Crippen LogP contribution in [0.5, 0.6) is 0 Å². The summed E-state index contributed by atoms with van der Waals surface area (Å²) < 4.78 is 3.60. The Morgan fingerprint density at radius 1 is 0.474 bits per heavy atom. The quantitative estimate of drug-likeness (QED) is 0.0448. The lowest BCUT2D eigenvalue weighted by Crippen LogP contribution is -2.55. The van der Waals surface area contributed by atoms with Crippen LogP contribution in [0.25, 0.3) is 0 Å². The van der Waals surface area contributed by atoms with Gasteiger partial charge in [-0.15, -0.1) is 0 Å². The van der Waals surface area contributed by atoms with E-state index in [1.807, 2.05) is 0 Å². The lowest BCUT2D eigenvalue weighted by molar-refractivity contribution is -0.162. The topological polar surface area (TPSA) is 171 Å². The minimum absolute atomic E-state index is 0.384. The summed E-state index contributed by atoms with van der Waals surface area (Å²) in [7, 11) is -5.22. The first-order chi connectivity index (χ1) is 18.2. The Labute approximate surface area is 234 Å². The van der Waals surface area contributed by atoms with E-state index in [2.05, 4.69) is 18.2 Å². The van der Waals surface area contributed by atoms with Gasteiger partial charge in [0.1, 0.15) is 0 Å². The first-order valence-electron chi connectivity index (χ1n) is 14.8. The summed E-state index contributed by atoms with van der Waals surface area (Å²) >= 11 is 0. The van der Waals surface area contributed by atoms with Crippen molar-refractivity contribution >= 4 is 17.2 Å². The van der Waals surface area contributed by atoms with Gasteiger partial charge in [-0.1, -0.05) is 129 Å². The van der Waals surface area contributed by atoms with Gasteiger partial charge in [0.15, 0.2) is 0 Å². The molecule has 11 heteroatoms. The lowest BCUT2D eigenvalue weighted by Gasteiger charge is -2.44. The first kappa shape index (κ1) is 40.6. The Bertz CT molecular complexity index is 445. The summed E-state index contributed by atoms with van der Waals surface area (Å²) in [6.45, 7) is 3.32. The van der Waals surface area contributed by atoms with Gasteiger partial charge < -0.3 is 40.0 Å². The third-order valence-electron chi connectivity index (χ3n) is 7.43. The average Bonchev–Trinajstić information content (AvgIpc) is 2.87. The third-order valence-corrected chi connectivity index (χ3v) is 8.60. The van der Waals surface area contributed by atoms with E-state index in [0.29, 0.717) is 12.8 Å². The predicted octanol–water partition coefficient (Wildman–Crippen LogP) is 5.95. The molecule has 0 aromatic rings. The Hall–Kier alpha value is 0.500. The molecule has 0 bridgehead atoms. The number of hydrogen-bond donors (Lipinski definition) is 8. The van der Waals surface area contributed by atoms with E-state index in [0.717, 1.165) is 25.7 Å². The van der Waals surface area contributed by atoms with Crippen molar-refractivity contribution in [3.8, 4) is 0 Å². The lowest BCUT2D eigenvalue weighted by atomic mass is 9.68. The molecule has 0 aromatic carbocycles.